The summed E-state index contributed by atoms with van der Waals surface area (Å²) in [5.41, 5.74) is 2.68. The number of pyridine rings is 1. The topological polar surface area (TPSA) is 37.8 Å². The van der Waals surface area contributed by atoms with Crippen LogP contribution >= 0.6 is 11.3 Å². The average Bonchev–Trinajstić information content (AvgIpc) is 2.89. The fourth-order valence-electron chi connectivity index (χ4n) is 2.75. The Balaban J connectivity index is 1.83. The summed E-state index contributed by atoms with van der Waals surface area (Å²) in [6.45, 7) is 7.69. The molecule has 2 aromatic rings. The van der Waals surface area contributed by atoms with Crippen molar-refractivity contribution in [3.8, 4) is 10.6 Å². The van der Waals surface area contributed by atoms with Gasteiger partial charge >= 0.3 is 0 Å². The molecule has 0 spiro atoms. The Labute approximate surface area is 130 Å². The molecule has 1 N–H and O–H groups in total. The summed E-state index contributed by atoms with van der Waals surface area (Å²) >= 11 is 1.86. The van der Waals surface area contributed by atoms with Gasteiger partial charge in [0.15, 0.2) is 0 Å². The van der Waals surface area contributed by atoms with Crippen LogP contribution in [0.15, 0.2) is 24.5 Å². The van der Waals surface area contributed by atoms with Gasteiger partial charge in [-0.15, -0.1) is 11.3 Å². The van der Waals surface area contributed by atoms with Crippen LogP contribution in [0.2, 0.25) is 0 Å². The van der Waals surface area contributed by atoms with Crippen LogP contribution in [0.1, 0.15) is 50.1 Å². The van der Waals surface area contributed by atoms with Crippen LogP contribution in [0.4, 0.5) is 0 Å². The van der Waals surface area contributed by atoms with Crippen molar-refractivity contribution in [2.75, 3.05) is 6.54 Å². The number of aromatic nitrogens is 2. The first-order chi connectivity index (χ1) is 10.0. The van der Waals surface area contributed by atoms with Crippen LogP contribution in [0.5, 0.6) is 0 Å². The summed E-state index contributed by atoms with van der Waals surface area (Å²) in [5, 5.41) is 4.78. The van der Waals surface area contributed by atoms with E-state index in [0.29, 0.717) is 5.92 Å². The van der Waals surface area contributed by atoms with E-state index in [-0.39, 0.29) is 5.54 Å². The molecule has 3 rings (SSSR count). The zero-order valence-corrected chi connectivity index (χ0v) is 13.8. The van der Waals surface area contributed by atoms with Gasteiger partial charge < -0.3 is 5.32 Å². The minimum absolute atomic E-state index is 0.168. The largest absolute Gasteiger partial charge is 0.311 e. The van der Waals surface area contributed by atoms with Gasteiger partial charge in [0.1, 0.15) is 5.01 Å². The van der Waals surface area contributed by atoms with E-state index in [0.717, 1.165) is 11.6 Å². The zero-order valence-electron chi connectivity index (χ0n) is 13.0. The Kier molecular flexibility index (Phi) is 4.09. The number of aryl methyl sites for hydroxylation is 1. The molecule has 112 valence electrons. The normalized spacial score (nSPS) is 18.5. The molecule has 0 amide bonds. The maximum absolute atomic E-state index is 4.95. The van der Waals surface area contributed by atoms with Gasteiger partial charge in [-0.3, -0.25) is 4.98 Å². The van der Waals surface area contributed by atoms with E-state index in [9.17, 15) is 0 Å². The summed E-state index contributed by atoms with van der Waals surface area (Å²) < 4.78 is 0. The molecule has 0 aliphatic heterocycles. The smallest absolute Gasteiger partial charge is 0.123 e. The lowest BCUT2D eigenvalue weighted by Gasteiger charge is -2.27. The standard InChI is InChI=1S/C17H23N3S/c1-17(2,3)19-11-13-5-4-6-14-15(13)20-16(21-14)12-7-9-18-10-8-12/h7-10,13,19H,4-6,11H2,1-3H3. The number of rotatable bonds is 3. The first-order valence-corrected chi connectivity index (χ1v) is 8.49. The highest BCUT2D eigenvalue weighted by molar-refractivity contribution is 7.15. The summed E-state index contributed by atoms with van der Waals surface area (Å²) in [5.74, 6) is 0.555. The second-order valence-electron chi connectivity index (χ2n) is 6.78. The number of thiazole rings is 1. The van der Waals surface area contributed by atoms with Crippen molar-refractivity contribution >= 4 is 11.3 Å². The predicted molar refractivity (Wildman–Crippen MR) is 88.8 cm³/mol. The van der Waals surface area contributed by atoms with Gasteiger partial charge in [0.25, 0.3) is 0 Å². The zero-order chi connectivity index (χ0) is 14.9. The highest BCUT2D eigenvalue weighted by atomic mass is 32.1. The number of nitrogens with one attached hydrogen (secondary N) is 1. The van der Waals surface area contributed by atoms with Crippen molar-refractivity contribution in [3.05, 3.63) is 35.1 Å². The van der Waals surface area contributed by atoms with Crippen molar-refractivity contribution in [3.63, 3.8) is 0 Å². The van der Waals surface area contributed by atoms with Crippen LogP contribution < -0.4 is 5.32 Å². The van der Waals surface area contributed by atoms with Gasteiger partial charge in [-0.05, 0) is 52.2 Å². The Morgan fingerprint density at radius 1 is 1.29 bits per heavy atom. The molecule has 0 fully saturated rings. The summed E-state index contributed by atoms with van der Waals surface area (Å²) in [7, 11) is 0. The van der Waals surface area contributed by atoms with E-state index in [1.807, 2.05) is 35.9 Å². The Morgan fingerprint density at radius 2 is 2.05 bits per heavy atom. The second-order valence-corrected chi connectivity index (χ2v) is 7.87. The molecule has 1 atom stereocenters. The molecule has 0 saturated heterocycles. The van der Waals surface area contributed by atoms with Gasteiger partial charge in [-0.1, -0.05) is 0 Å². The van der Waals surface area contributed by atoms with Gasteiger partial charge in [0.2, 0.25) is 0 Å². The SMILES string of the molecule is CC(C)(C)NCC1CCCc2sc(-c3ccncc3)nc21. The third kappa shape index (κ3) is 3.50. The lowest BCUT2D eigenvalue weighted by molar-refractivity contribution is 0.388. The fraction of sp³-hybridized carbons (Fsp3) is 0.529. The maximum Gasteiger partial charge on any atom is 0.123 e. The van der Waals surface area contributed by atoms with Crippen LogP contribution in [-0.2, 0) is 6.42 Å². The van der Waals surface area contributed by atoms with Gasteiger partial charge in [-0.2, -0.15) is 0 Å². The molecule has 0 aromatic carbocycles. The highest BCUT2D eigenvalue weighted by Crippen LogP contribution is 2.37. The summed E-state index contributed by atoms with van der Waals surface area (Å²) in [4.78, 5) is 10.5. The molecule has 0 radical (unpaired) electrons. The molecular formula is C17H23N3S. The average molecular weight is 301 g/mol. The predicted octanol–water partition coefficient (Wildman–Crippen LogP) is 4.01. The van der Waals surface area contributed by atoms with Crippen LogP contribution in [0, 0.1) is 0 Å². The second kappa shape index (κ2) is 5.85. The van der Waals surface area contributed by atoms with Crippen molar-refractivity contribution in [2.24, 2.45) is 0 Å². The van der Waals surface area contributed by atoms with E-state index in [1.54, 1.807) is 0 Å². The van der Waals surface area contributed by atoms with E-state index >= 15 is 0 Å². The lowest BCUT2D eigenvalue weighted by Crippen LogP contribution is -2.39. The number of nitrogens with zero attached hydrogens (tertiary/aromatic N) is 2. The number of hydrogen-bond donors (Lipinski definition) is 1. The molecule has 1 unspecified atom stereocenters. The Hall–Kier alpha value is -1.26. The monoisotopic (exact) mass is 301 g/mol. The molecule has 0 bridgehead atoms. The van der Waals surface area contributed by atoms with Crippen molar-refractivity contribution in [1.29, 1.82) is 0 Å². The molecule has 1 aliphatic rings. The fourth-order valence-corrected chi connectivity index (χ4v) is 3.95. The molecule has 2 heterocycles. The van der Waals surface area contributed by atoms with Crippen molar-refractivity contribution in [1.82, 2.24) is 15.3 Å². The van der Waals surface area contributed by atoms with Gasteiger partial charge in [-0.25, -0.2) is 4.98 Å². The molecule has 0 saturated carbocycles. The molecule has 4 heteroatoms. The third-order valence-electron chi connectivity index (χ3n) is 3.88. The summed E-state index contributed by atoms with van der Waals surface area (Å²) in [6, 6.07) is 4.10. The van der Waals surface area contributed by atoms with Crippen LogP contribution in [0.25, 0.3) is 10.6 Å². The van der Waals surface area contributed by atoms with E-state index in [1.165, 1.54) is 35.4 Å². The van der Waals surface area contributed by atoms with Crippen molar-refractivity contribution in [2.45, 2.75) is 51.5 Å². The molecule has 21 heavy (non-hydrogen) atoms. The van der Waals surface area contributed by atoms with Crippen LogP contribution in [-0.4, -0.2) is 22.1 Å². The van der Waals surface area contributed by atoms with E-state index in [4.69, 9.17) is 4.98 Å². The first kappa shape index (κ1) is 14.7. The lowest BCUT2D eigenvalue weighted by atomic mass is 9.90. The van der Waals surface area contributed by atoms with Gasteiger partial charge in [0, 0.05) is 40.8 Å². The highest BCUT2D eigenvalue weighted by Gasteiger charge is 2.26. The Bertz CT molecular complexity index is 598. The van der Waals surface area contributed by atoms with Crippen LogP contribution in [0.3, 0.4) is 0 Å². The quantitative estimate of drug-likeness (QED) is 0.930. The Morgan fingerprint density at radius 3 is 2.76 bits per heavy atom. The van der Waals surface area contributed by atoms with E-state index < -0.39 is 0 Å². The van der Waals surface area contributed by atoms with E-state index in [2.05, 4.69) is 31.1 Å². The minimum atomic E-state index is 0.168. The minimum Gasteiger partial charge on any atom is -0.311 e. The van der Waals surface area contributed by atoms with Gasteiger partial charge in [0.05, 0.1) is 5.69 Å². The van der Waals surface area contributed by atoms with Crippen molar-refractivity contribution < 1.29 is 0 Å². The number of fused-ring (bicyclic) bond motifs is 1. The first-order valence-electron chi connectivity index (χ1n) is 7.68. The molecular weight excluding hydrogens is 278 g/mol. The summed E-state index contributed by atoms with van der Waals surface area (Å²) in [6.07, 6.45) is 7.39. The molecule has 3 nitrogen and oxygen atoms in total. The molecule has 2 aromatic heterocycles. The number of hydrogen-bond acceptors (Lipinski definition) is 4. The third-order valence-corrected chi connectivity index (χ3v) is 5.06. The molecule has 1 aliphatic carbocycles. The maximum atomic E-state index is 4.95.